The molecule has 0 unspecified atom stereocenters. The van der Waals surface area contributed by atoms with Crippen LogP contribution in [0.15, 0.2) is 10.2 Å². The van der Waals surface area contributed by atoms with E-state index in [0.717, 1.165) is 0 Å². The van der Waals surface area contributed by atoms with Crippen LogP contribution >= 0.6 is 0 Å². The van der Waals surface area contributed by atoms with Crippen LogP contribution in [0.5, 0.6) is 0 Å². The predicted octanol–water partition coefficient (Wildman–Crippen LogP) is 1.43. The van der Waals surface area contributed by atoms with Crippen LogP contribution in [0.4, 0.5) is 0 Å². The van der Waals surface area contributed by atoms with E-state index in [-0.39, 0.29) is 0 Å². The molecule has 2 aliphatic heterocycles. The van der Waals surface area contributed by atoms with E-state index in [1.165, 1.54) is 0 Å². The van der Waals surface area contributed by atoms with Gasteiger partial charge < -0.3 is 14.8 Å². The Morgan fingerprint density at radius 2 is 2.12 bits per heavy atom. The molecule has 0 amide bonds. The highest BCUT2D eigenvalue weighted by Crippen LogP contribution is 2.41. The maximum absolute atomic E-state index is 8.64. The molecule has 2 saturated heterocycles. The summed E-state index contributed by atoms with van der Waals surface area (Å²) in [6, 6.07) is -0.457. The average Bonchev–Trinajstić information content (AvgIpc) is 2.50. The van der Waals surface area contributed by atoms with Gasteiger partial charge in [-0.15, -0.1) is 0 Å². The van der Waals surface area contributed by atoms with Crippen molar-refractivity contribution in [3.05, 3.63) is 20.9 Å². The SMILES string of the molecule is CC1(C)O[C@@H]2[C@@H](N=[N+]=[N-])CNC[C@]2(N=[N+]=[N-])O1. The van der Waals surface area contributed by atoms with Gasteiger partial charge >= 0.3 is 0 Å². The topological polar surface area (TPSA) is 128 Å². The van der Waals surface area contributed by atoms with Crippen LogP contribution in [0.25, 0.3) is 20.9 Å². The Balaban J connectivity index is 2.38. The third-order valence-electron chi connectivity index (χ3n) is 2.77. The summed E-state index contributed by atoms with van der Waals surface area (Å²) < 4.78 is 11.4. The maximum atomic E-state index is 8.64. The van der Waals surface area contributed by atoms with Gasteiger partial charge in [-0.05, 0) is 24.9 Å². The lowest BCUT2D eigenvalue weighted by atomic mass is 9.96. The quantitative estimate of drug-likeness (QED) is 0.444. The summed E-state index contributed by atoms with van der Waals surface area (Å²) in [4.78, 5) is 5.57. The van der Waals surface area contributed by atoms with Gasteiger partial charge in [0.1, 0.15) is 6.10 Å². The van der Waals surface area contributed by atoms with Crippen LogP contribution in [0.3, 0.4) is 0 Å². The van der Waals surface area contributed by atoms with Gasteiger partial charge in [-0.25, -0.2) is 0 Å². The summed E-state index contributed by atoms with van der Waals surface area (Å²) in [7, 11) is 0. The van der Waals surface area contributed by atoms with Crippen LogP contribution in [-0.4, -0.2) is 36.7 Å². The van der Waals surface area contributed by atoms with Gasteiger partial charge in [0.25, 0.3) is 0 Å². The molecule has 2 aliphatic rings. The molecule has 9 heteroatoms. The van der Waals surface area contributed by atoms with Crippen molar-refractivity contribution < 1.29 is 9.47 Å². The number of ether oxygens (including phenoxy) is 2. The first-order valence-corrected chi connectivity index (χ1v) is 5.22. The zero-order valence-corrected chi connectivity index (χ0v) is 9.57. The fourth-order valence-corrected chi connectivity index (χ4v) is 2.28. The highest BCUT2D eigenvalue weighted by atomic mass is 16.8. The molecular weight excluding hydrogens is 226 g/mol. The van der Waals surface area contributed by atoms with E-state index in [4.69, 9.17) is 20.5 Å². The highest BCUT2D eigenvalue weighted by molar-refractivity contribution is 5.06. The Hall–Kier alpha value is -1.50. The first kappa shape index (κ1) is 12.0. The minimum Gasteiger partial charge on any atom is -0.344 e. The van der Waals surface area contributed by atoms with E-state index in [0.29, 0.717) is 13.1 Å². The molecule has 2 fully saturated rings. The molecule has 0 spiro atoms. The first-order chi connectivity index (χ1) is 8.03. The zero-order valence-electron chi connectivity index (χ0n) is 9.57. The Kier molecular flexibility index (Phi) is 2.86. The summed E-state index contributed by atoms with van der Waals surface area (Å²) >= 11 is 0. The van der Waals surface area contributed by atoms with E-state index >= 15 is 0 Å². The minimum atomic E-state index is -1.14. The zero-order chi connectivity index (χ0) is 12.5. The lowest BCUT2D eigenvalue weighted by molar-refractivity contribution is -0.160. The summed E-state index contributed by atoms with van der Waals surface area (Å²) in [5.41, 5.74) is 16.0. The second-order valence-corrected chi connectivity index (χ2v) is 4.48. The second kappa shape index (κ2) is 4.06. The van der Waals surface area contributed by atoms with Gasteiger partial charge in [0, 0.05) is 22.9 Å². The molecule has 0 aromatic carbocycles. The van der Waals surface area contributed by atoms with Gasteiger partial charge in [0.2, 0.25) is 0 Å². The molecule has 0 saturated carbocycles. The second-order valence-electron chi connectivity index (χ2n) is 4.48. The van der Waals surface area contributed by atoms with Gasteiger partial charge in [0.05, 0.1) is 6.04 Å². The fraction of sp³-hybridized carbons (Fsp3) is 1.00. The van der Waals surface area contributed by atoms with Gasteiger partial charge in [-0.1, -0.05) is 10.2 Å². The van der Waals surface area contributed by atoms with Crippen molar-refractivity contribution in [2.45, 2.75) is 37.5 Å². The average molecular weight is 239 g/mol. The van der Waals surface area contributed by atoms with Crippen molar-refractivity contribution in [2.75, 3.05) is 13.1 Å². The third kappa shape index (κ3) is 2.02. The smallest absolute Gasteiger partial charge is 0.189 e. The molecule has 0 aromatic heterocycles. The van der Waals surface area contributed by atoms with Gasteiger partial charge in [0.15, 0.2) is 11.5 Å². The first-order valence-electron chi connectivity index (χ1n) is 5.22. The Bertz CT molecular complexity index is 412. The molecule has 2 rings (SSSR count). The number of nitrogens with one attached hydrogen (secondary N) is 1. The molecule has 0 radical (unpaired) electrons. The Labute approximate surface area is 97.3 Å². The van der Waals surface area contributed by atoms with Crippen LogP contribution < -0.4 is 5.32 Å². The lowest BCUT2D eigenvalue weighted by Crippen LogP contribution is -2.59. The number of piperidine rings is 1. The molecule has 0 bridgehead atoms. The predicted molar refractivity (Wildman–Crippen MR) is 57.7 cm³/mol. The molecular formula is C8H13N7O2. The number of rotatable bonds is 2. The molecule has 2 heterocycles. The van der Waals surface area contributed by atoms with E-state index in [1.54, 1.807) is 13.8 Å². The van der Waals surface area contributed by atoms with E-state index in [2.05, 4.69) is 25.4 Å². The molecule has 3 atom stereocenters. The summed E-state index contributed by atoms with van der Waals surface area (Å²) in [5, 5.41) is 10.4. The van der Waals surface area contributed by atoms with E-state index < -0.39 is 23.7 Å². The van der Waals surface area contributed by atoms with Crippen molar-refractivity contribution in [1.29, 1.82) is 0 Å². The molecule has 17 heavy (non-hydrogen) atoms. The number of azide groups is 2. The number of hydrogen-bond donors (Lipinski definition) is 1. The monoisotopic (exact) mass is 239 g/mol. The largest absolute Gasteiger partial charge is 0.344 e. The van der Waals surface area contributed by atoms with Gasteiger partial charge in [-0.3, -0.25) is 0 Å². The Morgan fingerprint density at radius 3 is 2.76 bits per heavy atom. The van der Waals surface area contributed by atoms with Crippen LogP contribution in [-0.2, 0) is 9.47 Å². The highest BCUT2D eigenvalue weighted by Gasteiger charge is 2.57. The summed E-state index contributed by atoms with van der Waals surface area (Å²) in [6.45, 7) is 4.26. The lowest BCUT2D eigenvalue weighted by Gasteiger charge is -2.36. The maximum Gasteiger partial charge on any atom is 0.189 e. The van der Waals surface area contributed by atoms with E-state index in [1.807, 2.05) is 0 Å². The minimum absolute atomic E-state index is 0.336. The standard InChI is InChI=1S/C8H13N7O2/c1-7(2)16-6-5(12-14-9)3-11-4-8(6,17-7)13-15-10/h5-6,11H,3-4H2,1-2H3/t5-,6+,8-/m0/s1. The van der Waals surface area contributed by atoms with Crippen LogP contribution in [0.1, 0.15) is 13.8 Å². The fourth-order valence-electron chi connectivity index (χ4n) is 2.28. The van der Waals surface area contributed by atoms with E-state index in [9.17, 15) is 0 Å². The van der Waals surface area contributed by atoms with Gasteiger partial charge in [-0.2, -0.15) is 0 Å². The van der Waals surface area contributed by atoms with Crippen molar-refractivity contribution in [1.82, 2.24) is 5.32 Å². The third-order valence-corrected chi connectivity index (χ3v) is 2.77. The van der Waals surface area contributed by atoms with Crippen LogP contribution in [0, 0.1) is 0 Å². The number of nitrogens with zero attached hydrogens (tertiary/aromatic N) is 6. The molecule has 1 N–H and O–H groups in total. The number of fused-ring (bicyclic) bond motifs is 1. The summed E-state index contributed by atoms with van der Waals surface area (Å²) in [5.74, 6) is -0.867. The van der Waals surface area contributed by atoms with Crippen LogP contribution in [0.2, 0.25) is 0 Å². The molecule has 0 aromatic rings. The summed E-state index contributed by atoms with van der Waals surface area (Å²) in [6.07, 6.45) is -0.564. The Morgan fingerprint density at radius 1 is 1.35 bits per heavy atom. The molecule has 0 aliphatic carbocycles. The molecule has 92 valence electrons. The van der Waals surface area contributed by atoms with Crippen molar-refractivity contribution in [3.8, 4) is 0 Å². The van der Waals surface area contributed by atoms with Crippen molar-refractivity contribution in [2.24, 2.45) is 10.2 Å². The molecule has 9 nitrogen and oxygen atoms in total. The van der Waals surface area contributed by atoms with Crippen molar-refractivity contribution >= 4 is 0 Å². The number of hydrogen-bond acceptors (Lipinski definition) is 5. The normalized spacial score (nSPS) is 38.7. The van der Waals surface area contributed by atoms with Crippen molar-refractivity contribution in [3.63, 3.8) is 0 Å².